The van der Waals surface area contributed by atoms with Crippen molar-refractivity contribution >= 4 is 46.2 Å². The summed E-state index contributed by atoms with van der Waals surface area (Å²) in [5, 5.41) is 5.30. The van der Waals surface area contributed by atoms with Gasteiger partial charge < -0.3 is 20.0 Å². The van der Waals surface area contributed by atoms with Crippen molar-refractivity contribution in [3.05, 3.63) is 39.1 Å². The fraction of sp³-hybridized carbons (Fsp3) is 0.154. The Balaban J connectivity index is 1.79. The number of rotatable bonds is 4. The number of nitrogens with zero attached hydrogens (tertiary/aromatic N) is 1. The molecule has 0 saturated heterocycles. The third kappa shape index (κ3) is 3.02. The minimum atomic E-state index is -0.248. The molecule has 3 N–H and O–H groups in total. The summed E-state index contributed by atoms with van der Waals surface area (Å²) in [5.74, 6) is -0.248. The van der Waals surface area contributed by atoms with Crippen LogP contribution in [0.5, 0.6) is 0 Å². The number of carbonyl (C=O) groups is 1. The molecule has 6 nitrogen and oxygen atoms in total. The number of methoxy groups -OCH3 is 1. The second-order valence-electron chi connectivity index (χ2n) is 4.35. The van der Waals surface area contributed by atoms with Gasteiger partial charge in [-0.2, -0.15) is 0 Å². The van der Waals surface area contributed by atoms with Crippen LogP contribution in [0.15, 0.2) is 23.6 Å². The number of hydrogen-bond donors (Lipinski definition) is 3. The summed E-state index contributed by atoms with van der Waals surface area (Å²) in [5.41, 5.74) is 2.80. The minimum Gasteiger partial charge on any atom is -0.378 e. The molecule has 0 aliphatic carbocycles. The van der Waals surface area contributed by atoms with Crippen molar-refractivity contribution in [2.24, 2.45) is 0 Å². The normalized spacial score (nSPS) is 10.9. The van der Waals surface area contributed by atoms with Gasteiger partial charge in [0.1, 0.15) is 10.7 Å². The van der Waals surface area contributed by atoms with Crippen LogP contribution in [0.25, 0.3) is 11.0 Å². The number of amides is 1. The van der Waals surface area contributed by atoms with Crippen molar-refractivity contribution in [3.63, 3.8) is 0 Å². The second-order valence-corrected chi connectivity index (χ2v) is 5.70. The fourth-order valence-corrected chi connectivity index (χ4v) is 2.87. The quantitative estimate of drug-likeness (QED) is 0.645. The first-order valence-corrected chi connectivity index (χ1v) is 7.41. The topological polar surface area (TPSA) is 82.8 Å². The molecule has 8 heteroatoms. The lowest BCUT2D eigenvalue weighted by Gasteiger charge is -2.03. The summed E-state index contributed by atoms with van der Waals surface area (Å²) in [4.78, 5) is 22.4. The number of carbonyl (C=O) groups excluding carboxylic acids is 1. The number of nitrogens with one attached hydrogen (secondary N) is 3. The number of fused-ring (bicyclic) bond motifs is 1. The Morgan fingerprint density at radius 3 is 3.05 bits per heavy atom. The zero-order valence-electron chi connectivity index (χ0n) is 11.1. The first-order chi connectivity index (χ1) is 10.2. The van der Waals surface area contributed by atoms with E-state index >= 15 is 0 Å². The third-order valence-corrected chi connectivity index (χ3v) is 3.85. The van der Waals surface area contributed by atoms with E-state index in [9.17, 15) is 4.79 Å². The Kier molecular flexibility index (Phi) is 3.82. The van der Waals surface area contributed by atoms with Crippen LogP contribution in [0.4, 0.5) is 5.69 Å². The van der Waals surface area contributed by atoms with Gasteiger partial charge >= 0.3 is 0 Å². The number of ether oxygens (including phenoxy) is 1. The van der Waals surface area contributed by atoms with Crippen LogP contribution in [-0.4, -0.2) is 28.0 Å². The summed E-state index contributed by atoms with van der Waals surface area (Å²) < 4.78 is 5.54. The first kappa shape index (κ1) is 13.9. The van der Waals surface area contributed by atoms with Gasteiger partial charge in [-0.25, -0.2) is 4.98 Å². The summed E-state index contributed by atoms with van der Waals surface area (Å²) >= 11 is 6.43. The molecule has 0 atom stereocenters. The SMILES string of the molecule is COCc1nc(C(=O)Nc2ccc3[nH]c(=S)[nH]c3c2)cs1. The third-order valence-electron chi connectivity index (χ3n) is 2.83. The Morgan fingerprint density at radius 1 is 1.43 bits per heavy atom. The fourth-order valence-electron chi connectivity index (χ4n) is 1.91. The number of aromatic nitrogens is 3. The van der Waals surface area contributed by atoms with Crippen LogP contribution in [0.3, 0.4) is 0 Å². The summed E-state index contributed by atoms with van der Waals surface area (Å²) in [7, 11) is 1.59. The lowest BCUT2D eigenvalue weighted by molar-refractivity contribution is 0.102. The first-order valence-electron chi connectivity index (χ1n) is 6.12. The number of hydrogen-bond acceptors (Lipinski definition) is 5. The largest absolute Gasteiger partial charge is 0.378 e. The van der Waals surface area contributed by atoms with Gasteiger partial charge in [0.2, 0.25) is 0 Å². The smallest absolute Gasteiger partial charge is 0.275 e. The Labute approximate surface area is 129 Å². The van der Waals surface area contributed by atoms with Crippen molar-refractivity contribution in [2.45, 2.75) is 6.61 Å². The molecule has 0 fully saturated rings. The average molecular weight is 320 g/mol. The number of thiazole rings is 1. The molecule has 2 aromatic heterocycles. The van der Waals surface area contributed by atoms with Gasteiger partial charge in [-0.1, -0.05) is 0 Å². The van der Waals surface area contributed by atoms with E-state index in [1.165, 1.54) is 11.3 Å². The van der Waals surface area contributed by atoms with Crippen molar-refractivity contribution in [2.75, 3.05) is 12.4 Å². The second kappa shape index (κ2) is 5.76. The average Bonchev–Trinajstić information content (AvgIpc) is 3.04. The predicted molar refractivity (Wildman–Crippen MR) is 84.3 cm³/mol. The maximum atomic E-state index is 12.1. The number of benzene rings is 1. The highest BCUT2D eigenvalue weighted by atomic mass is 32.1. The zero-order valence-corrected chi connectivity index (χ0v) is 12.7. The highest BCUT2D eigenvalue weighted by Crippen LogP contribution is 2.18. The van der Waals surface area contributed by atoms with Gasteiger partial charge in [0.05, 0.1) is 17.6 Å². The zero-order chi connectivity index (χ0) is 14.8. The Morgan fingerprint density at radius 2 is 2.24 bits per heavy atom. The van der Waals surface area contributed by atoms with Crippen molar-refractivity contribution in [3.8, 4) is 0 Å². The minimum absolute atomic E-state index is 0.248. The molecule has 2 heterocycles. The van der Waals surface area contributed by atoms with E-state index in [1.54, 1.807) is 12.5 Å². The molecule has 0 spiro atoms. The molecule has 0 saturated carbocycles. The van der Waals surface area contributed by atoms with Crippen LogP contribution in [0, 0.1) is 4.77 Å². The number of anilines is 1. The van der Waals surface area contributed by atoms with Crippen LogP contribution >= 0.6 is 23.6 Å². The molecule has 0 aliphatic heterocycles. The molecular formula is C13H12N4O2S2. The highest BCUT2D eigenvalue weighted by molar-refractivity contribution is 7.71. The number of imidazole rings is 1. The van der Waals surface area contributed by atoms with Gasteiger partial charge in [0.25, 0.3) is 5.91 Å². The molecule has 21 heavy (non-hydrogen) atoms. The number of H-pyrrole nitrogens is 2. The van der Waals surface area contributed by atoms with Crippen molar-refractivity contribution in [1.82, 2.24) is 15.0 Å². The molecule has 1 amide bonds. The molecule has 0 aliphatic rings. The van der Waals surface area contributed by atoms with Crippen LogP contribution in [0.2, 0.25) is 0 Å². The van der Waals surface area contributed by atoms with Gasteiger partial charge in [0, 0.05) is 18.2 Å². The van der Waals surface area contributed by atoms with E-state index in [0.29, 0.717) is 22.8 Å². The molecular weight excluding hydrogens is 308 g/mol. The Bertz CT molecular complexity index is 849. The summed E-state index contributed by atoms with van der Waals surface area (Å²) in [6.45, 7) is 0.407. The Hall–Kier alpha value is -2.03. The van der Waals surface area contributed by atoms with Crippen LogP contribution < -0.4 is 5.32 Å². The summed E-state index contributed by atoms with van der Waals surface area (Å²) in [6, 6.07) is 5.48. The van der Waals surface area contributed by atoms with E-state index in [-0.39, 0.29) is 5.91 Å². The van der Waals surface area contributed by atoms with Gasteiger partial charge in [-0.3, -0.25) is 4.79 Å². The van der Waals surface area contributed by atoms with Crippen molar-refractivity contribution in [1.29, 1.82) is 0 Å². The van der Waals surface area contributed by atoms with Gasteiger partial charge in [-0.05, 0) is 30.4 Å². The van der Waals surface area contributed by atoms with E-state index < -0.39 is 0 Å². The molecule has 108 valence electrons. The molecule has 1 aromatic carbocycles. The molecule has 0 unspecified atom stereocenters. The standard InChI is InChI=1S/C13H12N4O2S2/c1-19-5-11-15-10(6-21-11)12(18)14-7-2-3-8-9(4-7)17-13(20)16-8/h2-4,6H,5H2,1H3,(H,14,18)(H2,16,17,20). The highest BCUT2D eigenvalue weighted by Gasteiger charge is 2.11. The van der Waals surface area contributed by atoms with Crippen LogP contribution in [-0.2, 0) is 11.3 Å². The maximum Gasteiger partial charge on any atom is 0.275 e. The van der Waals surface area contributed by atoms with E-state index in [4.69, 9.17) is 17.0 Å². The van der Waals surface area contributed by atoms with Gasteiger partial charge in [-0.15, -0.1) is 11.3 Å². The predicted octanol–water partition coefficient (Wildman–Crippen LogP) is 3.08. The molecule has 0 bridgehead atoms. The number of aromatic amines is 2. The van der Waals surface area contributed by atoms with Crippen molar-refractivity contribution < 1.29 is 9.53 Å². The molecule has 0 radical (unpaired) electrons. The molecule has 3 rings (SSSR count). The lowest BCUT2D eigenvalue weighted by atomic mass is 10.2. The summed E-state index contributed by atoms with van der Waals surface area (Å²) in [6.07, 6.45) is 0. The van der Waals surface area contributed by atoms with E-state index in [2.05, 4.69) is 20.3 Å². The monoisotopic (exact) mass is 320 g/mol. The van der Waals surface area contributed by atoms with E-state index in [0.717, 1.165) is 16.0 Å². The van der Waals surface area contributed by atoms with E-state index in [1.807, 2.05) is 18.2 Å². The maximum absolute atomic E-state index is 12.1. The molecule has 3 aromatic rings. The van der Waals surface area contributed by atoms with Crippen LogP contribution in [0.1, 0.15) is 15.5 Å². The van der Waals surface area contributed by atoms with Gasteiger partial charge in [0.15, 0.2) is 4.77 Å². The lowest BCUT2D eigenvalue weighted by Crippen LogP contribution is -2.12.